The Morgan fingerprint density at radius 1 is 0.647 bits per heavy atom. The molecule has 3 aromatic carbocycles. The lowest BCUT2D eigenvalue weighted by atomic mass is 9.97. The first-order valence-electron chi connectivity index (χ1n) is 11.4. The summed E-state index contributed by atoms with van der Waals surface area (Å²) < 4.78 is 24.6. The molecule has 1 aliphatic heterocycles. The first-order chi connectivity index (χ1) is 16.7. The van der Waals surface area contributed by atoms with Gasteiger partial charge in [0, 0.05) is 0 Å². The third-order valence-electron chi connectivity index (χ3n) is 5.74. The smallest absolute Gasteiger partial charge is 0.243 e. The molecule has 1 heterocycles. The largest absolute Gasteiger partial charge is 0.368 e. The molecule has 6 heteroatoms. The number of rotatable bonds is 10. The number of aliphatic hydroxyl groups is 1. The predicted octanol–water partition coefficient (Wildman–Crippen LogP) is 4.38. The van der Waals surface area contributed by atoms with E-state index in [1.54, 1.807) is 0 Å². The van der Waals surface area contributed by atoms with Crippen molar-refractivity contribution >= 4 is 0 Å². The van der Waals surface area contributed by atoms with Gasteiger partial charge in [0.15, 0.2) is 12.4 Å². The molecule has 34 heavy (non-hydrogen) atoms. The van der Waals surface area contributed by atoms with Gasteiger partial charge in [-0.05, 0) is 16.7 Å². The Morgan fingerprint density at radius 2 is 1.06 bits per heavy atom. The predicted molar refractivity (Wildman–Crippen MR) is 127 cm³/mol. The van der Waals surface area contributed by atoms with Crippen molar-refractivity contribution in [1.29, 1.82) is 0 Å². The van der Waals surface area contributed by atoms with Crippen LogP contribution < -0.4 is 0 Å². The summed E-state index contributed by atoms with van der Waals surface area (Å²) in [5.41, 5.74) is 2.97. The molecule has 4 rings (SSSR count). The fourth-order valence-corrected chi connectivity index (χ4v) is 4.00. The quantitative estimate of drug-likeness (QED) is 0.456. The van der Waals surface area contributed by atoms with Crippen LogP contribution in [-0.2, 0) is 38.8 Å². The highest BCUT2D eigenvalue weighted by Crippen LogP contribution is 2.29. The Balaban J connectivity index is 1.55. The van der Waals surface area contributed by atoms with Crippen molar-refractivity contribution in [3.63, 3.8) is 0 Å². The number of aliphatic hydroxyl groups excluding tert-OH is 1. The van der Waals surface area contributed by atoms with Gasteiger partial charge >= 0.3 is 0 Å². The summed E-state index contributed by atoms with van der Waals surface area (Å²) in [5.74, 6) is 0. The standard InChI is InChI=1S/C28H29NO5/c1-29-17-24-25(31-18-21-11-5-2-6-12-21)26(32-19-22-13-7-3-8-14-22)27(28(30)34-24)33-20-23-15-9-4-10-16-23/h2-16,24-28,30H,17-20H2/t24-,25-,26+,27+,28+/m1/s1. The molecule has 5 atom stereocenters. The number of hydrogen-bond donors (Lipinski definition) is 1. The molecule has 0 aromatic heterocycles. The summed E-state index contributed by atoms with van der Waals surface area (Å²) in [7, 11) is 0. The van der Waals surface area contributed by atoms with E-state index in [1.165, 1.54) is 0 Å². The van der Waals surface area contributed by atoms with Crippen molar-refractivity contribution in [2.75, 3.05) is 6.54 Å². The van der Waals surface area contributed by atoms with Crippen molar-refractivity contribution in [1.82, 2.24) is 0 Å². The highest BCUT2D eigenvalue weighted by Gasteiger charge is 2.49. The van der Waals surface area contributed by atoms with E-state index < -0.39 is 30.7 Å². The van der Waals surface area contributed by atoms with Gasteiger partial charge in [0.2, 0.25) is 6.54 Å². The van der Waals surface area contributed by atoms with Crippen LogP contribution in [0.15, 0.2) is 91.0 Å². The summed E-state index contributed by atoms with van der Waals surface area (Å²) in [6.07, 6.45) is -3.90. The summed E-state index contributed by atoms with van der Waals surface area (Å²) in [4.78, 5) is 3.51. The summed E-state index contributed by atoms with van der Waals surface area (Å²) in [6, 6.07) is 29.3. The van der Waals surface area contributed by atoms with E-state index in [2.05, 4.69) is 4.85 Å². The van der Waals surface area contributed by atoms with Gasteiger partial charge < -0.3 is 28.9 Å². The van der Waals surface area contributed by atoms with Crippen LogP contribution >= 0.6 is 0 Å². The van der Waals surface area contributed by atoms with E-state index in [0.717, 1.165) is 16.7 Å². The highest BCUT2D eigenvalue weighted by atomic mass is 16.7. The molecule has 0 amide bonds. The van der Waals surface area contributed by atoms with E-state index in [0.29, 0.717) is 13.2 Å². The monoisotopic (exact) mass is 459 g/mol. The number of ether oxygens (including phenoxy) is 4. The van der Waals surface area contributed by atoms with E-state index in [-0.39, 0.29) is 13.2 Å². The van der Waals surface area contributed by atoms with Crippen LogP contribution in [0.2, 0.25) is 0 Å². The molecule has 0 bridgehead atoms. The molecule has 1 N–H and O–H groups in total. The van der Waals surface area contributed by atoms with Crippen molar-refractivity contribution in [3.05, 3.63) is 119 Å². The maximum Gasteiger partial charge on any atom is 0.243 e. The van der Waals surface area contributed by atoms with Crippen LogP contribution in [0.3, 0.4) is 0 Å². The average Bonchev–Trinajstić information content (AvgIpc) is 2.88. The van der Waals surface area contributed by atoms with Gasteiger partial charge in [-0.1, -0.05) is 91.0 Å². The summed E-state index contributed by atoms with van der Waals surface area (Å²) >= 11 is 0. The molecule has 6 nitrogen and oxygen atoms in total. The Kier molecular flexibility index (Phi) is 8.80. The van der Waals surface area contributed by atoms with Gasteiger partial charge in [-0.25, -0.2) is 6.57 Å². The molecule has 1 saturated heterocycles. The zero-order chi connectivity index (χ0) is 23.6. The molecule has 1 fully saturated rings. The Bertz CT molecular complexity index is 1020. The number of hydrogen-bond acceptors (Lipinski definition) is 5. The molecular formula is C28H29NO5. The van der Waals surface area contributed by atoms with Crippen LogP contribution in [-0.4, -0.2) is 42.4 Å². The molecular weight excluding hydrogens is 430 g/mol. The molecule has 1 aliphatic rings. The van der Waals surface area contributed by atoms with Crippen LogP contribution in [0, 0.1) is 6.57 Å². The lowest BCUT2D eigenvalue weighted by Crippen LogP contribution is -2.60. The van der Waals surface area contributed by atoms with Crippen LogP contribution in [0.4, 0.5) is 0 Å². The molecule has 0 saturated carbocycles. The average molecular weight is 460 g/mol. The SMILES string of the molecule is [C-]#[N+]C[C@H]1O[C@H](O)[C@@H](OCc2ccccc2)[C@@H](OCc2ccccc2)[C@@H]1OCc1ccccc1. The first kappa shape index (κ1) is 24.1. The third-order valence-corrected chi connectivity index (χ3v) is 5.74. The first-order valence-corrected chi connectivity index (χ1v) is 11.4. The summed E-state index contributed by atoms with van der Waals surface area (Å²) in [6.45, 7) is 8.36. The molecule has 0 unspecified atom stereocenters. The van der Waals surface area contributed by atoms with Gasteiger partial charge in [0.05, 0.1) is 19.8 Å². The van der Waals surface area contributed by atoms with E-state index >= 15 is 0 Å². The number of benzene rings is 3. The fourth-order valence-electron chi connectivity index (χ4n) is 4.00. The lowest BCUT2D eigenvalue weighted by Gasteiger charge is -2.43. The second kappa shape index (κ2) is 12.4. The molecule has 0 aliphatic carbocycles. The van der Waals surface area contributed by atoms with Gasteiger partial charge in [-0.2, -0.15) is 0 Å². The van der Waals surface area contributed by atoms with Crippen molar-refractivity contribution in [2.24, 2.45) is 0 Å². The van der Waals surface area contributed by atoms with Crippen LogP contribution in [0.1, 0.15) is 16.7 Å². The van der Waals surface area contributed by atoms with Gasteiger partial charge in [-0.3, -0.25) is 0 Å². The van der Waals surface area contributed by atoms with Crippen molar-refractivity contribution in [2.45, 2.75) is 50.5 Å². The zero-order valence-electron chi connectivity index (χ0n) is 18.9. The highest BCUT2D eigenvalue weighted by molar-refractivity contribution is 5.15. The zero-order valence-corrected chi connectivity index (χ0v) is 18.9. The van der Waals surface area contributed by atoms with E-state index in [1.807, 2.05) is 91.0 Å². The van der Waals surface area contributed by atoms with E-state index in [9.17, 15) is 5.11 Å². The van der Waals surface area contributed by atoms with Crippen molar-refractivity contribution in [3.8, 4) is 0 Å². The lowest BCUT2D eigenvalue weighted by molar-refractivity contribution is -0.308. The Labute approximate surface area is 200 Å². The Morgan fingerprint density at radius 3 is 1.50 bits per heavy atom. The van der Waals surface area contributed by atoms with Gasteiger partial charge in [0.25, 0.3) is 0 Å². The minimum absolute atomic E-state index is 0.0487. The van der Waals surface area contributed by atoms with Crippen LogP contribution in [0.5, 0.6) is 0 Å². The third kappa shape index (κ3) is 6.51. The molecule has 176 valence electrons. The van der Waals surface area contributed by atoms with Crippen LogP contribution in [0.25, 0.3) is 4.85 Å². The molecule has 0 radical (unpaired) electrons. The maximum atomic E-state index is 10.8. The minimum Gasteiger partial charge on any atom is -0.368 e. The van der Waals surface area contributed by atoms with Gasteiger partial charge in [0.1, 0.15) is 18.3 Å². The minimum atomic E-state index is -1.24. The normalized spacial score (nSPS) is 24.4. The Hall–Kier alpha value is -3.05. The fraction of sp³-hybridized carbons (Fsp3) is 0.321. The van der Waals surface area contributed by atoms with Crippen molar-refractivity contribution < 1.29 is 24.1 Å². The maximum absolute atomic E-state index is 10.8. The molecule has 0 spiro atoms. The topological polar surface area (TPSA) is 61.5 Å². The second-order valence-electron chi connectivity index (χ2n) is 8.19. The summed E-state index contributed by atoms with van der Waals surface area (Å²) in [5, 5.41) is 10.8. The van der Waals surface area contributed by atoms with E-state index in [4.69, 9.17) is 25.5 Å². The molecule has 3 aromatic rings. The second-order valence-corrected chi connectivity index (χ2v) is 8.19. The van der Waals surface area contributed by atoms with Gasteiger partial charge in [-0.15, -0.1) is 0 Å². The number of nitrogens with zero attached hydrogens (tertiary/aromatic N) is 1.